The highest BCUT2D eigenvalue weighted by atomic mass is 16.5. The van der Waals surface area contributed by atoms with Gasteiger partial charge in [-0.1, -0.05) is 206 Å². The molecule has 2 amide bonds. The van der Waals surface area contributed by atoms with Crippen molar-refractivity contribution in [2.24, 2.45) is 5.73 Å². The van der Waals surface area contributed by atoms with E-state index >= 15 is 0 Å². The van der Waals surface area contributed by atoms with Gasteiger partial charge in [0, 0.05) is 13.2 Å². The number of carbonyl (C=O) groups excluding carboxylic acids is 1. The molecule has 0 aromatic heterocycles. The number of aliphatic hydroxyl groups excluding tert-OH is 2. The summed E-state index contributed by atoms with van der Waals surface area (Å²) < 4.78 is 5.87. The van der Waals surface area contributed by atoms with Crippen LogP contribution in [0.5, 0.6) is 0 Å². The zero-order valence-electron chi connectivity index (χ0n) is 30.7. The third-order valence-corrected chi connectivity index (χ3v) is 8.94. The molecule has 272 valence electrons. The Labute approximate surface area is 282 Å². The van der Waals surface area contributed by atoms with E-state index in [9.17, 15) is 4.79 Å². The first kappa shape index (κ1) is 46.3. The Morgan fingerprint density at radius 2 is 0.622 bits per heavy atom. The molecule has 6 nitrogen and oxygen atoms in total. The number of nitrogens with zero attached hydrogens (tertiary/aromatic N) is 1. The summed E-state index contributed by atoms with van der Waals surface area (Å²) in [6.45, 7) is 5.50. The van der Waals surface area contributed by atoms with Gasteiger partial charge in [-0.05, 0) is 12.8 Å². The summed E-state index contributed by atoms with van der Waals surface area (Å²) in [5.74, 6) is 0. The molecule has 0 aliphatic heterocycles. The van der Waals surface area contributed by atoms with Crippen molar-refractivity contribution < 1.29 is 19.7 Å². The van der Waals surface area contributed by atoms with E-state index in [1.165, 1.54) is 205 Å². The Hall–Kier alpha value is -0.850. The van der Waals surface area contributed by atoms with Crippen LogP contribution in [0.4, 0.5) is 4.79 Å². The van der Waals surface area contributed by atoms with Crippen LogP contribution in [0.2, 0.25) is 0 Å². The molecule has 6 heteroatoms. The predicted octanol–water partition coefficient (Wildman–Crippen LogP) is 11.8. The fourth-order valence-electron chi connectivity index (χ4n) is 5.79. The van der Waals surface area contributed by atoms with Gasteiger partial charge in [0.15, 0.2) is 0 Å². The lowest BCUT2D eigenvalue weighted by Crippen LogP contribution is -2.36. The van der Waals surface area contributed by atoms with Crippen molar-refractivity contribution in [3.8, 4) is 0 Å². The normalized spacial score (nSPS) is 11.0. The van der Waals surface area contributed by atoms with Crippen LogP contribution in [0, 0.1) is 0 Å². The fourth-order valence-corrected chi connectivity index (χ4v) is 5.79. The highest BCUT2D eigenvalue weighted by molar-refractivity contribution is 5.71. The average molecular weight is 643 g/mol. The topological polar surface area (TPSA) is 96.0 Å². The molecule has 0 spiro atoms. The van der Waals surface area contributed by atoms with E-state index in [1.807, 2.05) is 0 Å². The van der Waals surface area contributed by atoms with E-state index < -0.39 is 19.5 Å². The van der Waals surface area contributed by atoms with Crippen molar-refractivity contribution >= 4 is 6.03 Å². The summed E-state index contributed by atoms with van der Waals surface area (Å²) in [6.07, 6.45) is 46.0. The molecule has 0 bridgehead atoms. The van der Waals surface area contributed by atoms with E-state index in [0.29, 0.717) is 4.90 Å². The minimum absolute atomic E-state index is 0.550. The maximum atomic E-state index is 9.99. The van der Waals surface area contributed by atoms with Gasteiger partial charge in [0.05, 0.1) is 0 Å². The quantitative estimate of drug-likeness (QED) is 0.0468. The third kappa shape index (κ3) is 43.1. The summed E-state index contributed by atoms with van der Waals surface area (Å²) in [4.78, 5) is 10.7. The number of urea groups is 1. The molecule has 4 N–H and O–H groups in total. The summed E-state index contributed by atoms with van der Waals surface area (Å²) in [7, 11) is 0. The van der Waals surface area contributed by atoms with E-state index in [0.717, 1.165) is 13.2 Å². The van der Waals surface area contributed by atoms with Crippen LogP contribution in [0.3, 0.4) is 0 Å². The first-order chi connectivity index (χ1) is 22.1. The number of rotatable bonds is 36. The molecule has 0 aromatic carbocycles. The molecule has 0 aromatic rings. The number of unbranched alkanes of at least 4 members (excludes halogenated alkanes) is 30. The van der Waals surface area contributed by atoms with Gasteiger partial charge in [-0.3, -0.25) is 4.90 Å². The Morgan fingerprint density at radius 1 is 0.422 bits per heavy atom. The Kier molecular flexibility index (Phi) is 44.4. The summed E-state index contributed by atoms with van der Waals surface area (Å²) in [5, 5.41) is 16.3. The lowest BCUT2D eigenvalue weighted by Gasteiger charge is -2.11. The molecule has 0 atom stereocenters. The van der Waals surface area contributed by atoms with Crippen molar-refractivity contribution in [2.45, 2.75) is 219 Å². The van der Waals surface area contributed by atoms with Gasteiger partial charge in [-0.15, -0.1) is 0 Å². The minimum Gasteiger partial charge on any atom is -0.381 e. The lowest BCUT2D eigenvalue weighted by atomic mass is 10.0. The van der Waals surface area contributed by atoms with Gasteiger partial charge < -0.3 is 20.7 Å². The predicted molar refractivity (Wildman–Crippen MR) is 196 cm³/mol. The van der Waals surface area contributed by atoms with E-state index in [1.54, 1.807) is 0 Å². The molecule has 0 rings (SSSR count). The molecule has 0 radical (unpaired) electrons. The van der Waals surface area contributed by atoms with Gasteiger partial charge in [0.2, 0.25) is 0 Å². The number of hydrogen-bond donors (Lipinski definition) is 3. The van der Waals surface area contributed by atoms with Gasteiger partial charge in [0.1, 0.15) is 13.5 Å². The fraction of sp³-hybridized carbons (Fsp3) is 0.974. The first-order valence-electron chi connectivity index (χ1n) is 20.0. The Bertz CT molecular complexity index is 497. The summed E-state index contributed by atoms with van der Waals surface area (Å²) in [6, 6.07) is -0.838. The van der Waals surface area contributed by atoms with E-state index in [-0.39, 0.29) is 0 Å². The van der Waals surface area contributed by atoms with Crippen LogP contribution < -0.4 is 5.73 Å². The van der Waals surface area contributed by atoms with Crippen molar-refractivity contribution in [2.75, 3.05) is 26.7 Å². The minimum atomic E-state index is -0.838. The molecule has 45 heavy (non-hydrogen) atoms. The molecule has 0 saturated carbocycles. The van der Waals surface area contributed by atoms with Crippen LogP contribution in [0.15, 0.2) is 0 Å². The molecule has 0 aliphatic carbocycles. The van der Waals surface area contributed by atoms with Crippen molar-refractivity contribution in [3.05, 3.63) is 0 Å². The highest BCUT2D eigenvalue weighted by Crippen LogP contribution is 2.15. The van der Waals surface area contributed by atoms with Crippen LogP contribution in [0.25, 0.3) is 0 Å². The number of aliphatic hydroxyl groups is 2. The SMILES string of the molecule is CCCCCCCCCCCCCCCCCCOCCCCCCCCCCCCCCCCCC.NC(=O)N(CO)CO. The second kappa shape index (κ2) is 43.1. The second-order valence-electron chi connectivity index (χ2n) is 13.4. The lowest BCUT2D eigenvalue weighted by molar-refractivity contribution is 0.0608. The molecule has 0 unspecified atom stereocenters. The van der Waals surface area contributed by atoms with Crippen molar-refractivity contribution in [1.29, 1.82) is 0 Å². The standard InChI is InChI=1S/C36H74O.C3H8N2O3/c1-3-5-7-9-11-13-15-17-19-21-23-25-27-29-31-33-35-37-36-34-32-30-28-26-24-22-20-18-16-14-12-10-8-6-4-2;4-3(8)5(1-6)2-7/h3-36H2,1-2H3;6-7H,1-2H2,(H2,4,8). The van der Waals surface area contributed by atoms with Crippen molar-refractivity contribution in [3.63, 3.8) is 0 Å². The molecule has 0 heterocycles. The van der Waals surface area contributed by atoms with Crippen LogP contribution in [-0.4, -0.2) is 47.8 Å². The van der Waals surface area contributed by atoms with E-state index in [2.05, 4.69) is 19.6 Å². The summed E-state index contributed by atoms with van der Waals surface area (Å²) in [5.41, 5.74) is 4.62. The highest BCUT2D eigenvalue weighted by Gasteiger charge is 2.03. The smallest absolute Gasteiger partial charge is 0.318 e. The maximum Gasteiger partial charge on any atom is 0.318 e. The number of ether oxygens (including phenoxy) is 1. The number of nitrogens with two attached hydrogens (primary N) is 1. The van der Waals surface area contributed by atoms with Crippen LogP contribution >= 0.6 is 0 Å². The first-order valence-corrected chi connectivity index (χ1v) is 20.0. The average Bonchev–Trinajstić information content (AvgIpc) is 3.04. The van der Waals surface area contributed by atoms with Crippen molar-refractivity contribution in [1.82, 2.24) is 4.90 Å². The van der Waals surface area contributed by atoms with Gasteiger partial charge in [-0.25, -0.2) is 4.79 Å². The van der Waals surface area contributed by atoms with Crippen LogP contribution in [-0.2, 0) is 4.74 Å². The molecular weight excluding hydrogens is 560 g/mol. The number of hydrogen-bond acceptors (Lipinski definition) is 4. The molecule has 0 aliphatic rings. The second-order valence-corrected chi connectivity index (χ2v) is 13.4. The largest absolute Gasteiger partial charge is 0.381 e. The Balaban J connectivity index is 0. The Morgan fingerprint density at radius 3 is 0.778 bits per heavy atom. The number of amides is 2. The monoisotopic (exact) mass is 643 g/mol. The molecule has 0 fully saturated rings. The number of primary amides is 1. The summed E-state index contributed by atoms with van der Waals surface area (Å²) >= 11 is 0. The zero-order chi connectivity index (χ0) is 33.3. The van der Waals surface area contributed by atoms with Gasteiger partial charge in [0.25, 0.3) is 0 Å². The number of carbonyl (C=O) groups is 1. The van der Waals surface area contributed by atoms with Gasteiger partial charge >= 0.3 is 6.03 Å². The molecule has 0 saturated heterocycles. The van der Waals surface area contributed by atoms with Gasteiger partial charge in [-0.2, -0.15) is 0 Å². The zero-order valence-corrected chi connectivity index (χ0v) is 30.7. The molecular formula is C39H82N2O4. The third-order valence-electron chi connectivity index (χ3n) is 8.94. The van der Waals surface area contributed by atoms with Crippen LogP contribution in [0.1, 0.15) is 219 Å². The maximum absolute atomic E-state index is 9.99. The van der Waals surface area contributed by atoms with E-state index in [4.69, 9.17) is 14.9 Å².